The van der Waals surface area contributed by atoms with E-state index in [0.29, 0.717) is 17.1 Å². The van der Waals surface area contributed by atoms with Gasteiger partial charge in [-0.15, -0.1) is 0 Å². The van der Waals surface area contributed by atoms with Gasteiger partial charge in [-0.2, -0.15) is 0 Å². The Balaban J connectivity index is 2.47. The fourth-order valence-corrected chi connectivity index (χ4v) is 3.77. The SMILES string of the molecule is CN(C)c1ccc(S(=O)(=O)N(C)C)cc1NC(=O)c1cc(Br)cn1C. The largest absolute Gasteiger partial charge is 0.376 e. The minimum Gasteiger partial charge on any atom is -0.376 e. The van der Waals surface area contributed by atoms with Crippen LogP contribution in [0.4, 0.5) is 11.4 Å². The van der Waals surface area contributed by atoms with Gasteiger partial charge in [-0.1, -0.05) is 0 Å². The molecule has 7 nitrogen and oxygen atoms in total. The van der Waals surface area contributed by atoms with Crippen molar-refractivity contribution in [1.29, 1.82) is 0 Å². The number of sulfonamides is 1. The number of hydrogen-bond donors (Lipinski definition) is 1. The second kappa shape index (κ2) is 7.19. The zero-order valence-electron chi connectivity index (χ0n) is 14.7. The summed E-state index contributed by atoms with van der Waals surface area (Å²) in [6, 6.07) is 6.37. The normalized spacial score (nSPS) is 11.6. The van der Waals surface area contributed by atoms with E-state index in [1.54, 1.807) is 29.9 Å². The second-order valence-electron chi connectivity index (χ2n) is 5.97. The van der Waals surface area contributed by atoms with Crippen LogP contribution in [0.15, 0.2) is 39.8 Å². The van der Waals surface area contributed by atoms with Crippen LogP contribution < -0.4 is 10.2 Å². The summed E-state index contributed by atoms with van der Waals surface area (Å²) >= 11 is 3.33. The van der Waals surface area contributed by atoms with Crippen LogP contribution in [-0.2, 0) is 17.1 Å². The molecule has 1 aromatic carbocycles. The van der Waals surface area contributed by atoms with Gasteiger partial charge in [0.25, 0.3) is 5.91 Å². The lowest BCUT2D eigenvalue weighted by molar-refractivity contribution is 0.101. The molecule has 9 heteroatoms. The lowest BCUT2D eigenvalue weighted by Crippen LogP contribution is -2.23. The molecule has 0 aliphatic heterocycles. The molecular formula is C16H21BrN4O3S. The number of aryl methyl sites for hydroxylation is 1. The number of carbonyl (C=O) groups excluding carboxylic acids is 1. The molecule has 0 aliphatic rings. The van der Waals surface area contributed by atoms with Crippen LogP contribution in [0.1, 0.15) is 10.5 Å². The maximum atomic E-state index is 12.6. The molecule has 0 radical (unpaired) electrons. The van der Waals surface area contributed by atoms with Crippen molar-refractivity contribution in [2.24, 2.45) is 7.05 Å². The quantitative estimate of drug-likeness (QED) is 0.792. The number of nitrogens with one attached hydrogen (secondary N) is 1. The highest BCUT2D eigenvalue weighted by molar-refractivity contribution is 9.10. The van der Waals surface area contributed by atoms with E-state index in [4.69, 9.17) is 0 Å². The lowest BCUT2D eigenvalue weighted by Gasteiger charge is -2.20. The van der Waals surface area contributed by atoms with Crippen LogP contribution in [0.3, 0.4) is 0 Å². The van der Waals surface area contributed by atoms with E-state index in [9.17, 15) is 13.2 Å². The van der Waals surface area contributed by atoms with E-state index < -0.39 is 10.0 Å². The number of halogens is 1. The summed E-state index contributed by atoms with van der Waals surface area (Å²) in [7, 11) is 4.75. The predicted octanol–water partition coefficient (Wildman–Crippen LogP) is 2.36. The van der Waals surface area contributed by atoms with Gasteiger partial charge in [0, 0.05) is 45.9 Å². The molecule has 0 bridgehead atoms. The maximum Gasteiger partial charge on any atom is 0.272 e. The summed E-state index contributed by atoms with van der Waals surface area (Å²) in [4.78, 5) is 14.5. The Morgan fingerprint density at radius 2 is 1.80 bits per heavy atom. The highest BCUT2D eigenvalue weighted by Gasteiger charge is 2.21. The molecule has 0 fully saturated rings. The number of amides is 1. The van der Waals surface area contributed by atoms with Crippen LogP contribution in [0, 0.1) is 0 Å². The number of anilines is 2. The molecule has 0 aliphatic carbocycles. The Kier molecular flexibility index (Phi) is 5.60. The Labute approximate surface area is 156 Å². The van der Waals surface area contributed by atoms with Crippen molar-refractivity contribution in [3.05, 3.63) is 40.6 Å². The number of hydrogen-bond acceptors (Lipinski definition) is 4. The fourth-order valence-electron chi connectivity index (χ4n) is 2.31. The van der Waals surface area contributed by atoms with Gasteiger partial charge in [0.2, 0.25) is 10.0 Å². The minimum absolute atomic E-state index is 0.117. The molecular weight excluding hydrogens is 408 g/mol. The Morgan fingerprint density at radius 3 is 2.28 bits per heavy atom. The Hall–Kier alpha value is -1.84. The van der Waals surface area contributed by atoms with Gasteiger partial charge < -0.3 is 14.8 Å². The smallest absolute Gasteiger partial charge is 0.272 e. The molecule has 0 spiro atoms. The molecule has 136 valence electrons. The van der Waals surface area contributed by atoms with Crippen molar-refractivity contribution in [3.8, 4) is 0 Å². The van der Waals surface area contributed by atoms with Gasteiger partial charge in [0.15, 0.2) is 0 Å². The first-order valence-electron chi connectivity index (χ1n) is 7.41. The molecule has 25 heavy (non-hydrogen) atoms. The highest BCUT2D eigenvalue weighted by atomic mass is 79.9. The molecule has 0 saturated carbocycles. The van der Waals surface area contributed by atoms with Gasteiger partial charge >= 0.3 is 0 Å². The van der Waals surface area contributed by atoms with E-state index in [1.807, 2.05) is 19.0 Å². The monoisotopic (exact) mass is 428 g/mol. The number of aromatic nitrogens is 1. The predicted molar refractivity (Wildman–Crippen MR) is 103 cm³/mol. The Bertz CT molecular complexity index is 904. The summed E-state index contributed by atoms with van der Waals surface area (Å²) in [5.41, 5.74) is 1.59. The summed E-state index contributed by atoms with van der Waals surface area (Å²) < 4.78 is 28.4. The number of nitrogens with zero attached hydrogens (tertiary/aromatic N) is 3. The average Bonchev–Trinajstić information content (AvgIpc) is 2.85. The Morgan fingerprint density at radius 1 is 1.16 bits per heavy atom. The van der Waals surface area contributed by atoms with Crippen molar-refractivity contribution in [3.63, 3.8) is 0 Å². The molecule has 1 amide bonds. The van der Waals surface area contributed by atoms with E-state index in [-0.39, 0.29) is 10.8 Å². The van der Waals surface area contributed by atoms with E-state index in [2.05, 4.69) is 21.2 Å². The van der Waals surface area contributed by atoms with E-state index in [1.165, 1.54) is 26.2 Å². The molecule has 0 saturated heterocycles. The van der Waals surface area contributed by atoms with Crippen molar-refractivity contribution < 1.29 is 13.2 Å². The zero-order chi connectivity index (χ0) is 18.9. The third-order valence-corrected chi connectivity index (χ3v) is 5.93. The molecule has 0 unspecified atom stereocenters. The van der Waals surface area contributed by atoms with Crippen LogP contribution in [0.5, 0.6) is 0 Å². The first-order valence-corrected chi connectivity index (χ1v) is 9.64. The van der Waals surface area contributed by atoms with Crippen molar-refractivity contribution in [1.82, 2.24) is 8.87 Å². The molecule has 2 rings (SSSR count). The molecule has 2 aromatic rings. The first-order chi connectivity index (χ1) is 11.5. The zero-order valence-corrected chi connectivity index (χ0v) is 17.1. The summed E-state index contributed by atoms with van der Waals surface area (Å²) in [5, 5.41) is 2.81. The molecule has 0 atom stereocenters. The van der Waals surface area contributed by atoms with Crippen LogP contribution in [0.25, 0.3) is 0 Å². The third kappa shape index (κ3) is 4.05. The van der Waals surface area contributed by atoms with Gasteiger partial charge in [0.05, 0.1) is 16.3 Å². The van der Waals surface area contributed by atoms with Crippen LogP contribution in [0.2, 0.25) is 0 Å². The standard InChI is InChI=1S/C16H21BrN4O3S/c1-19(2)14-7-6-12(25(23,24)20(3)4)9-13(14)18-16(22)15-8-11(17)10-21(15)5/h6-10H,1-5H3,(H,18,22). The topological polar surface area (TPSA) is 74.7 Å². The van der Waals surface area contributed by atoms with Gasteiger partial charge in [0.1, 0.15) is 5.69 Å². The van der Waals surface area contributed by atoms with Gasteiger partial charge in [-0.25, -0.2) is 12.7 Å². The highest BCUT2D eigenvalue weighted by Crippen LogP contribution is 2.29. The van der Waals surface area contributed by atoms with Gasteiger partial charge in [-0.3, -0.25) is 4.79 Å². The number of benzene rings is 1. The van der Waals surface area contributed by atoms with Crippen molar-refractivity contribution in [2.45, 2.75) is 4.90 Å². The van der Waals surface area contributed by atoms with Crippen LogP contribution >= 0.6 is 15.9 Å². The summed E-state index contributed by atoms with van der Waals surface area (Å²) in [5.74, 6) is -0.323. The van der Waals surface area contributed by atoms with Crippen LogP contribution in [-0.4, -0.2) is 51.4 Å². The molecule has 1 N–H and O–H groups in total. The molecule has 1 heterocycles. The summed E-state index contributed by atoms with van der Waals surface area (Å²) in [6.45, 7) is 0. The fraction of sp³-hybridized carbons (Fsp3) is 0.312. The molecule has 1 aromatic heterocycles. The van der Waals surface area contributed by atoms with E-state index in [0.717, 1.165) is 8.78 Å². The minimum atomic E-state index is -3.60. The van der Waals surface area contributed by atoms with E-state index >= 15 is 0 Å². The third-order valence-electron chi connectivity index (χ3n) is 3.68. The summed E-state index contributed by atoms with van der Waals surface area (Å²) in [6.07, 6.45) is 1.77. The van der Waals surface area contributed by atoms with Gasteiger partial charge in [-0.05, 0) is 40.2 Å². The number of rotatable bonds is 5. The number of carbonyl (C=O) groups is 1. The lowest BCUT2D eigenvalue weighted by atomic mass is 10.2. The van der Waals surface area contributed by atoms with Crippen molar-refractivity contribution in [2.75, 3.05) is 38.4 Å². The first kappa shape index (κ1) is 19.5. The van der Waals surface area contributed by atoms with Crippen molar-refractivity contribution >= 4 is 43.2 Å². The average molecular weight is 429 g/mol. The maximum absolute atomic E-state index is 12.6. The second-order valence-corrected chi connectivity index (χ2v) is 9.04.